The number of hydrogen-bond acceptors (Lipinski definition) is 4. The highest BCUT2D eigenvalue weighted by atomic mass is 19.4. The molecular formula is C9H11F5O4. The van der Waals surface area contributed by atoms with Gasteiger partial charge in [-0.1, -0.05) is 6.58 Å². The van der Waals surface area contributed by atoms with E-state index in [1.807, 2.05) is 0 Å². The molecule has 0 aromatic heterocycles. The number of alkyl halides is 5. The molecule has 0 N–H and O–H groups in total. The van der Waals surface area contributed by atoms with Crippen LogP contribution < -0.4 is 0 Å². The van der Waals surface area contributed by atoms with Gasteiger partial charge >= 0.3 is 17.9 Å². The van der Waals surface area contributed by atoms with Crippen LogP contribution in [0.5, 0.6) is 0 Å². The third-order valence-corrected chi connectivity index (χ3v) is 2.24. The molecule has 0 radical (unpaired) electrons. The molecule has 1 saturated heterocycles. The Kier molecular flexibility index (Phi) is 4.19. The lowest BCUT2D eigenvalue weighted by Gasteiger charge is -2.44. The van der Waals surface area contributed by atoms with Crippen LogP contribution in [-0.4, -0.2) is 44.5 Å². The Labute approximate surface area is 99.2 Å². The zero-order chi connectivity index (χ0) is 14.0. The van der Waals surface area contributed by atoms with Crippen LogP contribution in [0, 0.1) is 0 Å². The second-order valence-electron chi connectivity index (χ2n) is 3.38. The Morgan fingerprint density at radius 2 is 2.06 bits per heavy atom. The van der Waals surface area contributed by atoms with Crippen LogP contribution >= 0.6 is 0 Å². The van der Waals surface area contributed by atoms with E-state index in [0.717, 1.165) is 6.26 Å². The first kappa shape index (κ1) is 15.1. The number of hydrogen-bond donors (Lipinski definition) is 0. The SMILES string of the molecule is C=COCC1OCC(F)(F)C(OC)(C(F)(F)F)O1. The van der Waals surface area contributed by atoms with Gasteiger partial charge in [-0.15, -0.1) is 0 Å². The molecule has 1 rings (SSSR count). The Morgan fingerprint density at radius 1 is 1.44 bits per heavy atom. The molecule has 106 valence electrons. The van der Waals surface area contributed by atoms with Crippen LogP contribution in [0.2, 0.25) is 0 Å². The van der Waals surface area contributed by atoms with E-state index in [-0.39, 0.29) is 0 Å². The van der Waals surface area contributed by atoms with E-state index in [1.165, 1.54) is 0 Å². The standard InChI is InChI=1S/C9H11F5O4/c1-3-16-4-6-17-5-7(10,11)8(15-2,18-6)9(12,13)14/h3,6H,1,4-5H2,2H3. The summed E-state index contributed by atoms with van der Waals surface area (Å²) in [6, 6.07) is 0. The zero-order valence-corrected chi connectivity index (χ0v) is 9.30. The molecule has 1 fully saturated rings. The molecule has 0 spiro atoms. The van der Waals surface area contributed by atoms with E-state index in [4.69, 9.17) is 0 Å². The van der Waals surface area contributed by atoms with Crippen molar-refractivity contribution in [2.24, 2.45) is 0 Å². The summed E-state index contributed by atoms with van der Waals surface area (Å²) in [6.07, 6.45) is -6.15. The lowest BCUT2D eigenvalue weighted by atomic mass is 10.1. The smallest absolute Gasteiger partial charge is 0.450 e. The van der Waals surface area contributed by atoms with Gasteiger partial charge in [0.25, 0.3) is 0 Å². The van der Waals surface area contributed by atoms with Gasteiger partial charge in [-0.3, -0.25) is 0 Å². The lowest BCUT2D eigenvalue weighted by molar-refractivity contribution is -0.495. The first-order valence-corrected chi connectivity index (χ1v) is 4.72. The minimum atomic E-state index is -5.43. The molecule has 2 unspecified atom stereocenters. The second kappa shape index (κ2) is 4.98. The summed E-state index contributed by atoms with van der Waals surface area (Å²) in [4.78, 5) is 0. The molecule has 1 aliphatic rings. The Morgan fingerprint density at radius 3 is 2.50 bits per heavy atom. The highest BCUT2D eigenvalue weighted by Gasteiger charge is 2.75. The third-order valence-electron chi connectivity index (χ3n) is 2.24. The molecule has 0 aromatic rings. The van der Waals surface area contributed by atoms with E-state index in [1.54, 1.807) is 0 Å². The van der Waals surface area contributed by atoms with Crippen molar-refractivity contribution in [2.45, 2.75) is 24.2 Å². The van der Waals surface area contributed by atoms with Gasteiger partial charge in [-0.05, 0) is 0 Å². The first-order chi connectivity index (χ1) is 8.20. The minimum absolute atomic E-state index is 0.484. The molecule has 1 aliphatic heterocycles. The van der Waals surface area contributed by atoms with Crippen LogP contribution in [0.25, 0.3) is 0 Å². The molecule has 4 nitrogen and oxygen atoms in total. The topological polar surface area (TPSA) is 36.9 Å². The van der Waals surface area contributed by atoms with Crippen LogP contribution in [0.3, 0.4) is 0 Å². The quantitative estimate of drug-likeness (QED) is 0.582. The second-order valence-corrected chi connectivity index (χ2v) is 3.38. The summed E-state index contributed by atoms with van der Waals surface area (Å²) in [5.74, 6) is -8.42. The molecule has 9 heteroatoms. The maximum atomic E-state index is 13.4. The maximum absolute atomic E-state index is 13.4. The summed E-state index contributed by atoms with van der Waals surface area (Å²) in [5, 5.41) is 0. The highest BCUT2D eigenvalue weighted by Crippen LogP contribution is 2.48. The number of methoxy groups -OCH3 is 1. The fraction of sp³-hybridized carbons (Fsp3) is 0.778. The predicted molar refractivity (Wildman–Crippen MR) is 47.7 cm³/mol. The van der Waals surface area contributed by atoms with Gasteiger partial charge in [0.15, 0.2) is 6.29 Å². The maximum Gasteiger partial charge on any atom is 0.450 e. The summed E-state index contributed by atoms with van der Waals surface area (Å²) in [7, 11) is 0.484. The zero-order valence-electron chi connectivity index (χ0n) is 9.30. The van der Waals surface area contributed by atoms with Crippen molar-refractivity contribution >= 4 is 0 Å². The van der Waals surface area contributed by atoms with Gasteiger partial charge in [-0.25, -0.2) is 0 Å². The molecule has 2 atom stereocenters. The molecular weight excluding hydrogens is 267 g/mol. The summed E-state index contributed by atoms with van der Waals surface area (Å²) >= 11 is 0. The minimum Gasteiger partial charge on any atom is -0.497 e. The van der Waals surface area contributed by atoms with E-state index in [9.17, 15) is 22.0 Å². The van der Waals surface area contributed by atoms with Crippen molar-refractivity contribution in [1.29, 1.82) is 0 Å². The largest absolute Gasteiger partial charge is 0.497 e. The van der Waals surface area contributed by atoms with Crippen LogP contribution in [0.15, 0.2) is 12.8 Å². The number of rotatable bonds is 4. The Balaban J connectivity index is 2.98. The van der Waals surface area contributed by atoms with Gasteiger partial charge < -0.3 is 18.9 Å². The van der Waals surface area contributed by atoms with E-state index in [0.29, 0.717) is 7.11 Å². The van der Waals surface area contributed by atoms with Crippen molar-refractivity contribution in [3.63, 3.8) is 0 Å². The first-order valence-electron chi connectivity index (χ1n) is 4.72. The van der Waals surface area contributed by atoms with Gasteiger partial charge in [0.05, 0.1) is 6.26 Å². The molecule has 0 saturated carbocycles. The van der Waals surface area contributed by atoms with Gasteiger partial charge in [-0.2, -0.15) is 22.0 Å². The van der Waals surface area contributed by atoms with Gasteiger partial charge in [0.2, 0.25) is 0 Å². The van der Waals surface area contributed by atoms with Crippen molar-refractivity contribution in [1.82, 2.24) is 0 Å². The fourth-order valence-corrected chi connectivity index (χ4v) is 1.41. The van der Waals surface area contributed by atoms with Gasteiger partial charge in [0, 0.05) is 7.11 Å². The van der Waals surface area contributed by atoms with E-state index < -0.39 is 37.4 Å². The van der Waals surface area contributed by atoms with Gasteiger partial charge in [0.1, 0.15) is 13.2 Å². The Bertz CT molecular complexity index is 306. The molecule has 18 heavy (non-hydrogen) atoms. The average molecular weight is 278 g/mol. The number of ether oxygens (including phenoxy) is 4. The van der Waals surface area contributed by atoms with Crippen molar-refractivity contribution in [2.75, 3.05) is 20.3 Å². The molecule has 1 heterocycles. The monoisotopic (exact) mass is 278 g/mol. The average Bonchev–Trinajstić information content (AvgIpc) is 2.25. The van der Waals surface area contributed by atoms with Crippen LogP contribution in [-0.2, 0) is 18.9 Å². The van der Waals surface area contributed by atoms with Crippen LogP contribution in [0.1, 0.15) is 0 Å². The summed E-state index contributed by atoms with van der Waals surface area (Å²) < 4.78 is 82.0. The summed E-state index contributed by atoms with van der Waals surface area (Å²) in [6.45, 7) is 1.14. The van der Waals surface area contributed by atoms with Crippen LogP contribution in [0.4, 0.5) is 22.0 Å². The molecule has 0 aromatic carbocycles. The number of halogens is 5. The molecule has 0 aliphatic carbocycles. The predicted octanol–water partition coefficient (Wildman–Crippen LogP) is 2.06. The normalized spacial score (nSPS) is 32.0. The highest BCUT2D eigenvalue weighted by molar-refractivity contribution is 4.96. The fourth-order valence-electron chi connectivity index (χ4n) is 1.41. The van der Waals surface area contributed by atoms with Crippen molar-refractivity contribution in [3.8, 4) is 0 Å². The van der Waals surface area contributed by atoms with E-state index >= 15 is 0 Å². The summed E-state index contributed by atoms with van der Waals surface area (Å²) in [5.41, 5.74) is 0. The third kappa shape index (κ3) is 2.43. The van der Waals surface area contributed by atoms with Crippen molar-refractivity contribution in [3.05, 3.63) is 12.8 Å². The lowest BCUT2D eigenvalue weighted by Crippen LogP contribution is -2.68. The molecule has 0 bridgehead atoms. The van der Waals surface area contributed by atoms with E-state index in [2.05, 4.69) is 25.5 Å². The Hall–Kier alpha value is -0.930. The molecule has 0 amide bonds. The van der Waals surface area contributed by atoms with Crippen molar-refractivity contribution < 1.29 is 40.9 Å².